The van der Waals surface area contributed by atoms with Gasteiger partial charge in [0, 0.05) is 23.7 Å². The number of rotatable bonds is 5. The molecule has 1 heterocycles. The van der Waals surface area contributed by atoms with Gasteiger partial charge in [-0.05, 0) is 12.5 Å². The van der Waals surface area contributed by atoms with E-state index in [1.54, 1.807) is 18.2 Å². The third kappa shape index (κ3) is 2.87. The molecule has 0 saturated heterocycles. The van der Waals surface area contributed by atoms with E-state index in [1.807, 2.05) is 30.3 Å². The van der Waals surface area contributed by atoms with E-state index in [0.717, 1.165) is 16.9 Å². The van der Waals surface area contributed by atoms with Crippen LogP contribution in [0.1, 0.15) is 17.2 Å². The summed E-state index contributed by atoms with van der Waals surface area (Å²) in [6.45, 7) is 1.28. The lowest BCUT2D eigenvalue weighted by Gasteiger charge is -2.11. The number of nitrogens with zero attached hydrogens (tertiary/aromatic N) is 1. The molecule has 2 aromatic rings. The minimum atomic E-state index is -0.330. The highest BCUT2D eigenvalue weighted by Crippen LogP contribution is 2.31. The van der Waals surface area contributed by atoms with E-state index in [9.17, 15) is 10.1 Å². The van der Waals surface area contributed by atoms with Crippen LogP contribution in [0.5, 0.6) is 5.75 Å². The molecule has 1 aliphatic rings. The molecule has 0 aliphatic carbocycles. The van der Waals surface area contributed by atoms with Crippen LogP contribution in [-0.2, 0) is 6.42 Å². The molecule has 1 N–H and O–H groups in total. The van der Waals surface area contributed by atoms with Crippen LogP contribution < -0.4 is 10.1 Å². The van der Waals surface area contributed by atoms with Gasteiger partial charge in [-0.2, -0.15) is 0 Å². The van der Waals surface area contributed by atoms with E-state index in [4.69, 9.17) is 4.74 Å². The summed E-state index contributed by atoms with van der Waals surface area (Å²) in [4.78, 5) is 10.6. The van der Waals surface area contributed by atoms with E-state index < -0.39 is 0 Å². The lowest BCUT2D eigenvalue weighted by Crippen LogP contribution is -2.24. The van der Waals surface area contributed by atoms with Crippen LogP contribution in [0.15, 0.2) is 48.5 Å². The minimum absolute atomic E-state index is 0.156. The Morgan fingerprint density at radius 1 is 1.19 bits per heavy atom. The molecular formula is C16H16N2O3. The summed E-state index contributed by atoms with van der Waals surface area (Å²) in [6, 6.07) is 15.0. The van der Waals surface area contributed by atoms with Crippen molar-refractivity contribution in [2.45, 2.75) is 12.5 Å². The van der Waals surface area contributed by atoms with Crippen molar-refractivity contribution in [1.82, 2.24) is 5.32 Å². The second-order valence-corrected chi connectivity index (χ2v) is 4.99. The zero-order chi connectivity index (χ0) is 14.7. The third-order valence-electron chi connectivity index (χ3n) is 3.67. The Balaban J connectivity index is 1.62. The fraction of sp³-hybridized carbons (Fsp3) is 0.250. The first-order valence-electron chi connectivity index (χ1n) is 6.93. The number of nitro groups is 1. The maximum absolute atomic E-state index is 11.0. The van der Waals surface area contributed by atoms with Crippen LogP contribution in [0.25, 0.3) is 0 Å². The summed E-state index contributed by atoms with van der Waals surface area (Å²) in [6.07, 6.45) is 0.621. The highest BCUT2D eigenvalue weighted by molar-refractivity contribution is 5.41. The van der Waals surface area contributed by atoms with Crippen molar-refractivity contribution in [3.63, 3.8) is 0 Å². The zero-order valence-corrected chi connectivity index (χ0v) is 11.5. The van der Waals surface area contributed by atoms with Crippen molar-refractivity contribution in [1.29, 1.82) is 0 Å². The van der Waals surface area contributed by atoms with Gasteiger partial charge in [0.1, 0.15) is 12.4 Å². The van der Waals surface area contributed by atoms with Gasteiger partial charge >= 0.3 is 0 Å². The standard InChI is InChI=1S/C16H16N2O3/c19-18(20)15-7-3-1-5-12(15)9-10-17-14-11-21-16-8-4-2-6-13(14)16/h1-8,14,17H,9-11H2. The number of benzene rings is 2. The molecule has 0 spiro atoms. The van der Waals surface area contributed by atoms with Gasteiger partial charge in [0.15, 0.2) is 0 Å². The molecule has 1 aliphatic heterocycles. The SMILES string of the molecule is O=[N+]([O-])c1ccccc1CCNC1COc2ccccc21. The first kappa shape index (κ1) is 13.6. The Bertz CT molecular complexity index is 657. The van der Waals surface area contributed by atoms with Gasteiger partial charge in [-0.25, -0.2) is 0 Å². The molecule has 3 rings (SSSR count). The lowest BCUT2D eigenvalue weighted by molar-refractivity contribution is -0.385. The summed E-state index contributed by atoms with van der Waals surface area (Å²) in [5.74, 6) is 0.917. The van der Waals surface area contributed by atoms with Crippen LogP contribution in [-0.4, -0.2) is 18.1 Å². The summed E-state index contributed by atoms with van der Waals surface area (Å²) in [5, 5.41) is 14.4. The van der Waals surface area contributed by atoms with E-state index in [-0.39, 0.29) is 16.7 Å². The number of nitrogens with one attached hydrogen (secondary N) is 1. The van der Waals surface area contributed by atoms with E-state index in [2.05, 4.69) is 5.32 Å². The molecule has 0 bridgehead atoms. The maximum Gasteiger partial charge on any atom is 0.272 e. The molecule has 2 aromatic carbocycles. The summed E-state index contributed by atoms with van der Waals surface area (Å²) >= 11 is 0. The van der Waals surface area contributed by atoms with Crippen LogP contribution in [0.2, 0.25) is 0 Å². The molecule has 1 atom stereocenters. The van der Waals surface area contributed by atoms with Gasteiger partial charge in [0.25, 0.3) is 5.69 Å². The summed E-state index contributed by atoms with van der Waals surface area (Å²) < 4.78 is 5.61. The molecule has 21 heavy (non-hydrogen) atoms. The minimum Gasteiger partial charge on any atom is -0.491 e. The highest BCUT2D eigenvalue weighted by atomic mass is 16.6. The van der Waals surface area contributed by atoms with E-state index in [1.165, 1.54) is 0 Å². The highest BCUT2D eigenvalue weighted by Gasteiger charge is 2.23. The fourth-order valence-corrected chi connectivity index (χ4v) is 2.61. The Hall–Kier alpha value is -2.40. The van der Waals surface area contributed by atoms with E-state index in [0.29, 0.717) is 19.6 Å². The van der Waals surface area contributed by atoms with Crippen molar-refractivity contribution in [3.05, 3.63) is 69.8 Å². The number of hydrogen-bond acceptors (Lipinski definition) is 4. The van der Waals surface area contributed by atoms with Crippen molar-refractivity contribution in [2.75, 3.05) is 13.2 Å². The molecule has 1 unspecified atom stereocenters. The van der Waals surface area contributed by atoms with Gasteiger partial charge in [-0.1, -0.05) is 36.4 Å². The molecule has 0 aromatic heterocycles. The average Bonchev–Trinajstić information content (AvgIpc) is 2.91. The van der Waals surface area contributed by atoms with Crippen LogP contribution in [0.3, 0.4) is 0 Å². The molecule has 5 heteroatoms. The lowest BCUT2D eigenvalue weighted by atomic mass is 10.1. The number of nitro benzene ring substituents is 1. The second kappa shape index (κ2) is 5.93. The van der Waals surface area contributed by atoms with Crippen LogP contribution in [0.4, 0.5) is 5.69 Å². The van der Waals surface area contributed by atoms with Gasteiger partial charge < -0.3 is 10.1 Å². The molecule has 0 radical (unpaired) electrons. The predicted octanol–water partition coefficient (Wildman–Crippen LogP) is 2.86. The zero-order valence-electron chi connectivity index (χ0n) is 11.5. The summed E-state index contributed by atoms with van der Waals surface area (Å²) in [7, 11) is 0. The molecule has 0 fully saturated rings. The van der Waals surface area contributed by atoms with Gasteiger partial charge in [-0.15, -0.1) is 0 Å². The average molecular weight is 284 g/mol. The van der Waals surface area contributed by atoms with Crippen molar-refractivity contribution < 1.29 is 9.66 Å². The number of fused-ring (bicyclic) bond motifs is 1. The normalized spacial score (nSPS) is 16.3. The monoisotopic (exact) mass is 284 g/mol. The Labute approximate surface area is 122 Å². The molecular weight excluding hydrogens is 268 g/mol. The molecule has 108 valence electrons. The molecule has 0 amide bonds. The topological polar surface area (TPSA) is 64.4 Å². The summed E-state index contributed by atoms with van der Waals surface area (Å²) in [5.41, 5.74) is 2.09. The Kier molecular flexibility index (Phi) is 3.83. The van der Waals surface area contributed by atoms with Gasteiger partial charge in [-0.3, -0.25) is 10.1 Å². The van der Waals surface area contributed by atoms with Crippen molar-refractivity contribution >= 4 is 5.69 Å². The maximum atomic E-state index is 11.0. The fourth-order valence-electron chi connectivity index (χ4n) is 2.61. The number of hydrogen-bond donors (Lipinski definition) is 1. The van der Waals surface area contributed by atoms with Crippen molar-refractivity contribution in [3.8, 4) is 5.75 Å². The Morgan fingerprint density at radius 2 is 1.95 bits per heavy atom. The van der Waals surface area contributed by atoms with Crippen molar-refractivity contribution in [2.24, 2.45) is 0 Å². The van der Waals surface area contributed by atoms with Gasteiger partial charge in [0.2, 0.25) is 0 Å². The van der Waals surface area contributed by atoms with Crippen LogP contribution in [0, 0.1) is 10.1 Å². The van der Waals surface area contributed by atoms with Gasteiger partial charge in [0.05, 0.1) is 11.0 Å². The number of para-hydroxylation sites is 2. The second-order valence-electron chi connectivity index (χ2n) is 4.99. The first-order chi connectivity index (χ1) is 10.3. The molecule has 5 nitrogen and oxygen atoms in total. The smallest absolute Gasteiger partial charge is 0.272 e. The first-order valence-corrected chi connectivity index (χ1v) is 6.93. The predicted molar refractivity (Wildman–Crippen MR) is 79.5 cm³/mol. The third-order valence-corrected chi connectivity index (χ3v) is 3.67. The van der Waals surface area contributed by atoms with Crippen LogP contribution >= 0.6 is 0 Å². The molecule has 0 saturated carbocycles. The number of ether oxygens (including phenoxy) is 1. The quantitative estimate of drug-likeness (QED) is 0.677. The van der Waals surface area contributed by atoms with E-state index >= 15 is 0 Å². The Morgan fingerprint density at radius 3 is 2.81 bits per heavy atom. The largest absolute Gasteiger partial charge is 0.491 e.